The molecule has 0 aliphatic heterocycles. The number of ether oxygens (including phenoxy) is 1. The summed E-state index contributed by atoms with van der Waals surface area (Å²) in [5.41, 5.74) is 1.14. The van der Waals surface area contributed by atoms with E-state index in [1.807, 2.05) is 30.3 Å². The van der Waals surface area contributed by atoms with Gasteiger partial charge in [0.05, 0.1) is 19.3 Å². The van der Waals surface area contributed by atoms with Crippen LogP contribution in [0.4, 0.5) is 0 Å². The van der Waals surface area contributed by atoms with Crippen LogP contribution in [0, 0.1) is 17.8 Å². The van der Waals surface area contributed by atoms with Crippen molar-refractivity contribution < 1.29 is 9.84 Å². The predicted octanol–water partition coefficient (Wildman–Crippen LogP) is 3.08. The Kier molecular flexibility index (Phi) is 8.58. The van der Waals surface area contributed by atoms with E-state index >= 15 is 0 Å². The molecule has 120 valence electrons. The van der Waals surface area contributed by atoms with Crippen LogP contribution < -0.4 is 5.32 Å². The lowest BCUT2D eigenvalue weighted by atomic mass is 9.85. The van der Waals surface area contributed by atoms with E-state index in [4.69, 9.17) is 4.74 Å². The molecule has 21 heavy (non-hydrogen) atoms. The number of rotatable bonds is 10. The SMILES string of the molecule is CC(C)C(CNCC(O)COCc1ccccc1)C(C)C. The first-order valence-corrected chi connectivity index (χ1v) is 8.01. The molecule has 0 heterocycles. The maximum Gasteiger partial charge on any atom is 0.0897 e. The largest absolute Gasteiger partial charge is 0.389 e. The second kappa shape index (κ2) is 9.93. The molecule has 1 unspecified atom stereocenters. The van der Waals surface area contributed by atoms with Crippen LogP contribution in [0.5, 0.6) is 0 Å². The molecule has 0 saturated heterocycles. The Balaban J connectivity index is 2.15. The summed E-state index contributed by atoms with van der Waals surface area (Å²) in [5.74, 6) is 1.95. The number of hydrogen-bond donors (Lipinski definition) is 2. The van der Waals surface area contributed by atoms with Crippen molar-refractivity contribution in [1.29, 1.82) is 0 Å². The van der Waals surface area contributed by atoms with Gasteiger partial charge in [-0.15, -0.1) is 0 Å². The minimum atomic E-state index is -0.450. The van der Waals surface area contributed by atoms with Gasteiger partial charge in [0, 0.05) is 6.54 Å². The summed E-state index contributed by atoms with van der Waals surface area (Å²) in [4.78, 5) is 0. The summed E-state index contributed by atoms with van der Waals surface area (Å²) in [6.07, 6.45) is -0.450. The minimum Gasteiger partial charge on any atom is -0.389 e. The molecule has 1 aromatic rings. The Labute approximate surface area is 129 Å². The van der Waals surface area contributed by atoms with Crippen molar-refractivity contribution in [2.24, 2.45) is 17.8 Å². The van der Waals surface area contributed by atoms with E-state index in [0.29, 0.717) is 37.5 Å². The standard InChI is InChI=1S/C18H31NO2/c1-14(2)18(15(3)4)11-19-10-17(20)13-21-12-16-8-6-5-7-9-16/h5-9,14-15,17-20H,10-13H2,1-4H3. The molecule has 0 saturated carbocycles. The van der Waals surface area contributed by atoms with Crippen LogP contribution in [0.15, 0.2) is 30.3 Å². The Morgan fingerprint density at radius 2 is 1.62 bits per heavy atom. The minimum absolute atomic E-state index is 0.371. The average molecular weight is 293 g/mol. The molecular formula is C18H31NO2. The molecule has 3 heteroatoms. The van der Waals surface area contributed by atoms with Crippen LogP contribution in [-0.4, -0.2) is 30.9 Å². The highest BCUT2D eigenvalue weighted by molar-refractivity contribution is 5.13. The molecule has 0 bridgehead atoms. The van der Waals surface area contributed by atoms with Crippen molar-refractivity contribution >= 4 is 0 Å². The van der Waals surface area contributed by atoms with Gasteiger partial charge in [-0.05, 0) is 29.9 Å². The number of benzene rings is 1. The molecule has 0 fully saturated rings. The lowest BCUT2D eigenvalue weighted by Gasteiger charge is -2.25. The highest BCUT2D eigenvalue weighted by Crippen LogP contribution is 2.19. The smallest absolute Gasteiger partial charge is 0.0897 e. The topological polar surface area (TPSA) is 41.5 Å². The van der Waals surface area contributed by atoms with Gasteiger partial charge in [0.1, 0.15) is 0 Å². The average Bonchev–Trinajstić information content (AvgIpc) is 2.44. The number of aliphatic hydroxyl groups excluding tert-OH is 1. The number of hydrogen-bond acceptors (Lipinski definition) is 3. The highest BCUT2D eigenvalue weighted by Gasteiger charge is 2.17. The first-order chi connectivity index (χ1) is 10.0. The molecule has 1 aromatic carbocycles. The predicted molar refractivity (Wildman–Crippen MR) is 88.1 cm³/mol. The summed E-state index contributed by atoms with van der Waals surface area (Å²) in [7, 11) is 0. The maximum absolute atomic E-state index is 9.93. The van der Waals surface area contributed by atoms with Crippen molar-refractivity contribution in [1.82, 2.24) is 5.32 Å². The second-order valence-electron chi connectivity index (χ2n) is 6.46. The van der Waals surface area contributed by atoms with Crippen molar-refractivity contribution in [3.8, 4) is 0 Å². The fourth-order valence-electron chi connectivity index (χ4n) is 2.60. The maximum atomic E-state index is 9.93. The van der Waals surface area contributed by atoms with Gasteiger partial charge in [0.2, 0.25) is 0 Å². The Hall–Kier alpha value is -0.900. The van der Waals surface area contributed by atoms with Gasteiger partial charge in [-0.3, -0.25) is 0 Å². The third-order valence-electron chi connectivity index (χ3n) is 3.89. The lowest BCUT2D eigenvalue weighted by Crippen LogP contribution is -2.36. The Bertz CT molecular complexity index is 357. The van der Waals surface area contributed by atoms with Gasteiger partial charge in [0.15, 0.2) is 0 Å². The van der Waals surface area contributed by atoms with Crippen molar-refractivity contribution in [2.45, 2.75) is 40.4 Å². The van der Waals surface area contributed by atoms with Crippen LogP contribution in [0.1, 0.15) is 33.3 Å². The molecule has 0 aliphatic rings. The molecule has 1 atom stereocenters. The molecule has 0 amide bonds. The zero-order chi connectivity index (χ0) is 15.7. The fraction of sp³-hybridized carbons (Fsp3) is 0.667. The molecular weight excluding hydrogens is 262 g/mol. The van der Waals surface area contributed by atoms with Crippen LogP contribution in [0.3, 0.4) is 0 Å². The first kappa shape index (κ1) is 18.1. The third kappa shape index (κ3) is 7.60. The van der Waals surface area contributed by atoms with Gasteiger partial charge < -0.3 is 15.2 Å². The van der Waals surface area contributed by atoms with Crippen molar-refractivity contribution in [2.75, 3.05) is 19.7 Å². The van der Waals surface area contributed by atoms with Crippen LogP contribution in [0.2, 0.25) is 0 Å². The normalized spacial score (nSPS) is 13.3. The van der Waals surface area contributed by atoms with E-state index in [1.165, 1.54) is 0 Å². The Morgan fingerprint density at radius 3 is 2.19 bits per heavy atom. The molecule has 0 radical (unpaired) electrons. The van der Waals surface area contributed by atoms with E-state index in [9.17, 15) is 5.11 Å². The quantitative estimate of drug-likeness (QED) is 0.696. The zero-order valence-corrected chi connectivity index (χ0v) is 13.9. The fourth-order valence-corrected chi connectivity index (χ4v) is 2.60. The number of aliphatic hydroxyl groups is 1. The van der Waals surface area contributed by atoms with Gasteiger partial charge in [-0.25, -0.2) is 0 Å². The Morgan fingerprint density at radius 1 is 1.00 bits per heavy atom. The van der Waals surface area contributed by atoms with Crippen LogP contribution in [-0.2, 0) is 11.3 Å². The molecule has 2 N–H and O–H groups in total. The molecule has 1 rings (SSSR count). The highest BCUT2D eigenvalue weighted by atomic mass is 16.5. The summed E-state index contributed by atoms with van der Waals surface area (Å²) >= 11 is 0. The van der Waals surface area contributed by atoms with E-state index < -0.39 is 6.10 Å². The number of nitrogens with one attached hydrogen (secondary N) is 1. The van der Waals surface area contributed by atoms with E-state index in [2.05, 4.69) is 33.0 Å². The molecule has 0 aliphatic carbocycles. The monoisotopic (exact) mass is 293 g/mol. The summed E-state index contributed by atoms with van der Waals surface area (Å²) in [6.45, 7) is 11.5. The van der Waals surface area contributed by atoms with Gasteiger partial charge in [-0.1, -0.05) is 58.0 Å². The van der Waals surface area contributed by atoms with E-state index in [0.717, 1.165) is 12.1 Å². The van der Waals surface area contributed by atoms with Crippen molar-refractivity contribution in [3.63, 3.8) is 0 Å². The molecule has 3 nitrogen and oxygen atoms in total. The van der Waals surface area contributed by atoms with E-state index in [-0.39, 0.29) is 0 Å². The van der Waals surface area contributed by atoms with Gasteiger partial charge in [0.25, 0.3) is 0 Å². The third-order valence-corrected chi connectivity index (χ3v) is 3.89. The van der Waals surface area contributed by atoms with Crippen LogP contribution in [0.25, 0.3) is 0 Å². The lowest BCUT2D eigenvalue weighted by molar-refractivity contribution is 0.0279. The summed E-state index contributed by atoms with van der Waals surface area (Å²) in [5, 5.41) is 13.3. The van der Waals surface area contributed by atoms with Gasteiger partial charge >= 0.3 is 0 Å². The first-order valence-electron chi connectivity index (χ1n) is 8.01. The van der Waals surface area contributed by atoms with Gasteiger partial charge in [-0.2, -0.15) is 0 Å². The van der Waals surface area contributed by atoms with Crippen LogP contribution >= 0.6 is 0 Å². The molecule has 0 aromatic heterocycles. The van der Waals surface area contributed by atoms with Crippen molar-refractivity contribution in [3.05, 3.63) is 35.9 Å². The summed E-state index contributed by atoms with van der Waals surface area (Å²) in [6, 6.07) is 10.0. The molecule has 0 spiro atoms. The van der Waals surface area contributed by atoms with E-state index in [1.54, 1.807) is 0 Å². The zero-order valence-electron chi connectivity index (χ0n) is 13.9. The summed E-state index contributed by atoms with van der Waals surface area (Å²) < 4.78 is 5.54. The second-order valence-corrected chi connectivity index (χ2v) is 6.46.